The molecular weight excluding hydrogens is 502 g/mol. The van der Waals surface area contributed by atoms with Gasteiger partial charge in [-0.1, -0.05) is 48.5 Å². The molecule has 0 spiro atoms. The van der Waals surface area contributed by atoms with E-state index in [1.165, 1.54) is 6.42 Å². The first-order valence-electron chi connectivity index (χ1n) is 10.0. The number of fused-ring (bicyclic) bond motifs is 1. The molecule has 0 bridgehead atoms. The van der Waals surface area contributed by atoms with E-state index >= 15 is 0 Å². The van der Waals surface area contributed by atoms with Crippen LogP contribution in [0.25, 0.3) is 10.2 Å². The zero-order chi connectivity index (χ0) is 24.2. The molecule has 1 aliphatic carbocycles. The first-order valence-corrected chi connectivity index (χ1v) is 11.6. The van der Waals surface area contributed by atoms with Crippen LogP contribution in [0.3, 0.4) is 0 Å². The second-order valence-electron chi connectivity index (χ2n) is 7.48. The summed E-state index contributed by atoms with van der Waals surface area (Å²) in [7, 11) is 0. The van der Waals surface area contributed by atoms with Crippen molar-refractivity contribution in [3.8, 4) is 0 Å². The molecule has 2 aromatic heterocycles. The molecule has 12 heteroatoms. The quantitative estimate of drug-likeness (QED) is 0.323. The van der Waals surface area contributed by atoms with Gasteiger partial charge < -0.3 is 15.5 Å². The summed E-state index contributed by atoms with van der Waals surface area (Å²) in [5, 5.41) is 18.4. The van der Waals surface area contributed by atoms with Gasteiger partial charge in [0.15, 0.2) is 0 Å². The number of carbonyl (C=O) groups is 1. The van der Waals surface area contributed by atoms with Gasteiger partial charge >= 0.3 is 12.3 Å². The molecule has 3 aromatic rings. The molecule has 3 N–H and O–H groups in total. The lowest BCUT2D eigenvalue weighted by atomic mass is 9.88. The Labute approximate surface area is 201 Å². The lowest BCUT2D eigenvalue weighted by Crippen LogP contribution is -2.11. The van der Waals surface area contributed by atoms with Crippen LogP contribution in [0.5, 0.6) is 0 Å². The number of rotatable bonds is 4. The van der Waals surface area contributed by atoms with Crippen molar-refractivity contribution in [3.63, 3.8) is 0 Å². The van der Waals surface area contributed by atoms with Gasteiger partial charge in [0.25, 0.3) is 0 Å². The normalized spacial score (nSPS) is 14.6. The summed E-state index contributed by atoms with van der Waals surface area (Å²) < 4.78 is 39.8. The van der Waals surface area contributed by atoms with E-state index in [0.717, 1.165) is 37.3 Å². The Balaban J connectivity index is 0.000000709. The van der Waals surface area contributed by atoms with Crippen molar-refractivity contribution in [1.29, 1.82) is 0 Å². The van der Waals surface area contributed by atoms with Crippen LogP contribution >= 0.6 is 34.5 Å². The Bertz CT molecular complexity index is 1130. The number of carboxylic acid groups (broad SMARTS) is 2. The van der Waals surface area contributed by atoms with Crippen molar-refractivity contribution in [2.24, 2.45) is 0 Å². The van der Waals surface area contributed by atoms with E-state index in [4.69, 9.17) is 38.2 Å². The summed E-state index contributed by atoms with van der Waals surface area (Å²) in [5.74, 6) is 1.24. The third kappa shape index (κ3) is 6.84. The van der Waals surface area contributed by atoms with Crippen molar-refractivity contribution in [2.45, 2.75) is 50.7 Å². The van der Waals surface area contributed by atoms with Crippen LogP contribution in [-0.4, -0.2) is 26.3 Å². The third-order valence-corrected chi connectivity index (χ3v) is 6.92. The average molecular weight is 522 g/mol. The smallest absolute Gasteiger partial charge is 0.450 e. The Morgan fingerprint density at radius 2 is 1.76 bits per heavy atom. The maximum atomic E-state index is 13.3. The van der Waals surface area contributed by atoms with E-state index in [9.17, 15) is 13.2 Å². The fourth-order valence-corrected chi connectivity index (χ4v) is 4.82. The van der Waals surface area contributed by atoms with E-state index in [0.29, 0.717) is 49.8 Å². The van der Waals surface area contributed by atoms with Crippen molar-refractivity contribution >= 4 is 56.7 Å². The summed E-state index contributed by atoms with van der Waals surface area (Å²) in [6.45, 7) is 0.365. The SMILES string of the molecule is FC(F)(F)c1cc2c(NCc3ccc(Cl)c(Cl)c3)nc(C3CCCCC3)nc2s1.O=C(O)O. The molecule has 0 aliphatic heterocycles. The maximum Gasteiger partial charge on any atom is 0.503 e. The predicted molar refractivity (Wildman–Crippen MR) is 123 cm³/mol. The number of hydrogen-bond acceptors (Lipinski definition) is 5. The number of hydrogen-bond donors (Lipinski definition) is 3. The van der Waals surface area contributed by atoms with Crippen molar-refractivity contribution < 1.29 is 28.2 Å². The predicted octanol–water partition coefficient (Wildman–Crippen LogP) is 7.90. The lowest BCUT2D eigenvalue weighted by molar-refractivity contribution is -0.134. The zero-order valence-electron chi connectivity index (χ0n) is 17.1. The van der Waals surface area contributed by atoms with E-state index in [2.05, 4.69) is 15.3 Å². The first-order chi connectivity index (χ1) is 15.5. The van der Waals surface area contributed by atoms with Gasteiger partial charge in [0.2, 0.25) is 0 Å². The zero-order valence-corrected chi connectivity index (χ0v) is 19.5. The van der Waals surface area contributed by atoms with Crippen LogP contribution in [0.4, 0.5) is 23.8 Å². The molecule has 1 saturated carbocycles. The van der Waals surface area contributed by atoms with Crippen LogP contribution in [0.2, 0.25) is 10.0 Å². The highest BCUT2D eigenvalue weighted by atomic mass is 35.5. The topological polar surface area (TPSA) is 95.3 Å². The second kappa shape index (κ2) is 10.8. The summed E-state index contributed by atoms with van der Waals surface area (Å²) in [4.78, 5) is 17.4. The van der Waals surface area contributed by atoms with Gasteiger partial charge in [-0.2, -0.15) is 13.2 Å². The molecule has 1 aliphatic rings. The molecule has 0 atom stereocenters. The minimum absolute atomic E-state index is 0.190. The van der Waals surface area contributed by atoms with Crippen LogP contribution in [0.1, 0.15) is 54.3 Å². The maximum absolute atomic E-state index is 13.3. The number of nitrogens with zero attached hydrogens (tertiary/aromatic N) is 2. The first kappa shape index (κ1) is 25.3. The Hall–Kier alpha value is -2.30. The van der Waals surface area contributed by atoms with Gasteiger partial charge in [-0.3, -0.25) is 0 Å². The van der Waals surface area contributed by atoms with E-state index < -0.39 is 17.2 Å². The van der Waals surface area contributed by atoms with Crippen LogP contribution in [-0.2, 0) is 12.7 Å². The van der Waals surface area contributed by atoms with Gasteiger partial charge in [0.05, 0.1) is 15.4 Å². The highest BCUT2D eigenvalue weighted by Gasteiger charge is 2.34. The monoisotopic (exact) mass is 521 g/mol. The fraction of sp³-hybridized carbons (Fsp3) is 0.381. The lowest BCUT2D eigenvalue weighted by Gasteiger charge is -2.21. The Morgan fingerprint density at radius 1 is 1.09 bits per heavy atom. The van der Waals surface area contributed by atoms with Crippen molar-refractivity contribution in [3.05, 3.63) is 50.6 Å². The van der Waals surface area contributed by atoms with E-state index in [1.54, 1.807) is 12.1 Å². The highest BCUT2D eigenvalue weighted by molar-refractivity contribution is 7.18. The van der Waals surface area contributed by atoms with Gasteiger partial charge in [0, 0.05) is 12.5 Å². The molecule has 0 radical (unpaired) electrons. The molecular formula is C21H20Cl2F3N3O3S. The van der Waals surface area contributed by atoms with Crippen molar-refractivity contribution in [1.82, 2.24) is 9.97 Å². The van der Waals surface area contributed by atoms with Crippen LogP contribution < -0.4 is 5.32 Å². The van der Waals surface area contributed by atoms with Gasteiger partial charge in [-0.15, -0.1) is 11.3 Å². The molecule has 0 amide bonds. The molecule has 0 unspecified atom stereocenters. The van der Waals surface area contributed by atoms with Gasteiger partial charge in [0.1, 0.15) is 21.3 Å². The van der Waals surface area contributed by atoms with Gasteiger partial charge in [-0.05, 0) is 36.6 Å². The summed E-state index contributed by atoms with van der Waals surface area (Å²) in [6.07, 6.45) is -0.938. The number of anilines is 1. The number of alkyl halides is 3. The molecule has 2 heterocycles. The molecule has 33 heavy (non-hydrogen) atoms. The van der Waals surface area contributed by atoms with E-state index in [-0.39, 0.29) is 5.92 Å². The number of halogens is 5. The summed E-state index contributed by atoms with van der Waals surface area (Å²) in [6, 6.07) is 6.36. The summed E-state index contributed by atoms with van der Waals surface area (Å²) in [5.41, 5.74) is 0.858. The molecule has 6 nitrogen and oxygen atoms in total. The minimum atomic E-state index is -4.41. The molecule has 0 saturated heterocycles. The standard InChI is InChI=1S/C20H18Cl2F3N3S.CH2O3/c21-14-7-6-11(8-15(14)22)10-26-18-13-9-16(20(23,24)25)29-19(13)28-17(27-18)12-4-2-1-3-5-12;2-1(3)4/h6-9,12H,1-5,10H2,(H,26,27,28);(H2,2,3,4). The summed E-state index contributed by atoms with van der Waals surface area (Å²) >= 11 is 12.7. The van der Waals surface area contributed by atoms with Gasteiger partial charge in [-0.25, -0.2) is 14.8 Å². The number of benzene rings is 1. The molecule has 178 valence electrons. The number of nitrogens with one attached hydrogen (secondary N) is 1. The van der Waals surface area contributed by atoms with Crippen LogP contribution in [0, 0.1) is 0 Å². The Morgan fingerprint density at radius 3 is 2.36 bits per heavy atom. The van der Waals surface area contributed by atoms with Crippen molar-refractivity contribution in [2.75, 3.05) is 5.32 Å². The highest BCUT2D eigenvalue weighted by Crippen LogP contribution is 2.41. The second-order valence-corrected chi connectivity index (χ2v) is 9.32. The number of aromatic nitrogens is 2. The largest absolute Gasteiger partial charge is 0.503 e. The fourth-order valence-electron chi connectivity index (χ4n) is 3.59. The molecule has 1 aromatic carbocycles. The third-order valence-electron chi connectivity index (χ3n) is 5.10. The van der Waals surface area contributed by atoms with Crippen LogP contribution in [0.15, 0.2) is 24.3 Å². The minimum Gasteiger partial charge on any atom is -0.450 e. The Kier molecular flexibility index (Phi) is 8.25. The van der Waals surface area contributed by atoms with E-state index in [1.807, 2.05) is 6.07 Å². The number of thiophene rings is 1. The molecule has 4 rings (SSSR count). The molecule has 1 fully saturated rings. The average Bonchev–Trinajstić information content (AvgIpc) is 3.20.